The summed E-state index contributed by atoms with van der Waals surface area (Å²) < 4.78 is 0. The summed E-state index contributed by atoms with van der Waals surface area (Å²) in [4.78, 5) is 13.6. The molecule has 0 aromatic rings. The van der Waals surface area contributed by atoms with Gasteiger partial charge in [0.05, 0.1) is 6.10 Å². The average Bonchev–Trinajstić information content (AvgIpc) is 2.20. The first-order chi connectivity index (χ1) is 7.09. The van der Waals surface area contributed by atoms with E-state index in [0.29, 0.717) is 6.54 Å². The molecule has 1 aliphatic heterocycles. The van der Waals surface area contributed by atoms with E-state index in [9.17, 15) is 9.90 Å². The van der Waals surface area contributed by atoms with Crippen LogP contribution in [0.5, 0.6) is 0 Å². The van der Waals surface area contributed by atoms with Gasteiger partial charge in [-0.1, -0.05) is 13.8 Å². The van der Waals surface area contributed by atoms with E-state index in [0.717, 1.165) is 32.5 Å². The summed E-state index contributed by atoms with van der Waals surface area (Å²) in [5.41, 5.74) is 0. The molecule has 4 heteroatoms. The lowest BCUT2D eigenvalue weighted by atomic mass is 10.1. The zero-order valence-electron chi connectivity index (χ0n) is 9.70. The number of nitrogens with one attached hydrogen (secondary N) is 1. The molecule has 15 heavy (non-hydrogen) atoms. The number of rotatable bonds is 4. The van der Waals surface area contributed by atoms with Crippen molar-refractivity contribution in [2.24, 2.45) is 5.92 Å². The predicted molar refractivity (Wildman–Crippen MR) is 59.5 cm³/mol. The SMILES string of the molecule is CC(C)C(=O)NCCN1CCC(O)CC1. The number of aliphatic hydroxyl groups excluding tert-OH is 1. The topological polar surface area (TPSA) is 52.6 Å². The molecule has 1 fully saturated rings. The molecule has 0 aromatic carbocycles. The van der Waals surface area contributed by atoms with Crippen molar-refractivity contribution in [3.63, 3.8) is 0 Å². The van der Waals surface area contributed by atoms with Gasteiger partial charge in [-0.25, -0.2) is 0 Å². The van der Waals surface area contributed by atoms with Crippen LogP contribution in [0, 0.1) is 5.92 Å². The fraction of sp³-hybridized carbons (Fsp3) is 0.909. The second-order valence-corrected chi connectivity index (χ2v) is 4.52. The van der Waals surface area contributed by atoms with Gasteiger partial charge in [-0.05, 0) is 12.8 Å². The van der Waals surface area contributed by atoms with Crippen molar-refractivity contribution in [2.45, 2.75) is 32.8 Å². The van der Waals surface area contributed by atoms with Crippen LogP contribution >= 0.6 is 0 Å². The Labute approximate surface area is 91.6 Å². The third kappa shape index (κ3) is 4.62. The summed E-state index contributed by atoms with van der Waals surface area (Å²) in [5, 5.41) is 12.2. The Bertz CT molecular complexity index is 199. The Morgan fingerprint density at radius 1 is 1.47 bits per heavy atom. The third-order valence-electron chi connectivity index (χ3n) is 2.81. The second-order valence-electron chi connectivity index (χ2n) is 4.52. The van der Waals surface area contributed by atoms with Gasteiger partial charge in [0, 0.05) is 32.1 Å². The Morgan fingerprint density at radius 2 is 2.07 bits per heavy atom. The van der Waals surface area contributed by atoms with Crippen LogP contribution in [0.3, 0.4) is 0 Å². The molecular formula is C11H22N2O2. The van der Waals surface area contributed by atoms with Gasteiger partial charge in [0.1, 0.15) is 0 Å². The standard InChI is InChI=1S/C11H22N2O2/c1-9(2)11(15)12-5-8-13-6-3-10(14)4-7-13/h9-10,14H,3-8H2,1-2H3,(H,12,15). The zero-order valence-corrected chi connectivity index (χ0v) is 9.70. The van der Waals surface area contributed by atoms with Crippen molar-refractivity contribution in [2.75, 3.05) is 26.2 Å². The highest BCUT2D eigenvalue weighted by Crippen LogP contribution is 2.08. The Morgan fingerprint density at radius 3 is 2.60 bits per heavy atom. The molecule has 1 rings (SSSR count). The lowest BCUT2D eigenvalue weighted by Gasteiger charge is -2.29. The van der Waals surface area contributed by atoms with Gasteiger partial charge in [0.15, 0.2) is 0 Å². The lowest BCUT2D eigenvalue weighted by Crippen LogP contribution is -2.41. The molecule has 0 unspecified atom stereocenters. The number of hydrogen-bond acceptors (Lipinski definition) is 3. The average molecular weight is 214 g/mol. The first kappa shape index (κ1) is 12.5. The van der Waals surface area contributed by atoms with E-state index in [1.807, 2.05) is 13.8 Å². The second kappa shape index (κ2) is 6.08. The number of carbonyl (C=O) groups is 1. The number of amides is 1. The highest BCUT2D eigenvalue weighted by Gasteiger charge is 2.16. The molecular weight excluding hydrogens is 192 g/mol. The Kier molecular flexibility index (Phi) is 5.05. The molecule has 0 aliphatic carbocycles. The van der Waals surface area contributed by atoms with Crippen LogP contribution in [-0.2, 0) is 4.79 Å². The van der Waals surface area contributed by atoms with E-state index in [1.54, 1.807) is 0 Å². The van der Waals surface area contributed by atoms with E-state index >= 15 is 0 Å². The van der Waals surface area contributed by atoms with E-state index < -0.39 is 0 Å². The summed E-state index contributed by atoms with van der Waals surface area (Å²) in [7, 11) is 0. The predicted octanol–water partition coefficient (Wildman–Crippen LogP) is 0.215. The molecule has 1 aliphatic rings. The van der Waals surface area contributed by atoms with Crippen molar-refractivity contribution in [3.8, 4) is 0 Å². The van der Waals surface area contributed by atoms with Gasteiger partial charge in [0.25, 0.3) is 0 Å². The molecule has 0 aromatic heterocycles. The van der Waals surface area contributed by atoms with Gasteiger partial charge in [0.2, 0.25) is 5.91 Å². The molecule has 0 radical (unpaired) electrons. The van der Waals surface area contributed by atoms with E-state index in [4.69, 9.17) is 0 Å². The van der Waals surface area contributed by atoms with Gasteiger partial charge in [-0.2, -0.15) is 0 Å². The smallest absolute Gasteiger partial charge is 0.222 e. The number of likely N-dealkylation sites (tertiary alicyclic amines) is 1. The quantitative estimate of drug-likeness (QED) is 0.703. The van der Waals surface area contributed by atoms with Crippen molar-refractivity contribution < 1.29 is 9.90 Å². The van der Waals surface area contributed by atoms with Crippen LogP contribution in [0.15, 0.2) is 0 Å². The maximum Gasteiger partial charge on any atom is 0.222 e. The first-order valence-electron chi connectivity index (χ1n) is 5.77. The van der Waals surface area contributed by atoms with Gasteiger partial charge in [-0.3, -0.25) is 4.79 Å². The van der Waals surface area contributed by atoms with E-state index in [1.165, 1.54) is 0 Å². The summed E-state index contributed by atoms with van der Waals surface area (Å²) in [6.07, 6.45) is 1.60. The van der Waals surface area contributed by atoms with Crippen LogP contribution in [0.2, 0.25) is 0 Å². The minimum atomic E-state index is -0.119. The van der Waals surface area contributed by atoms with E-state index in [-0.39, 0.29) is 17.9 Å². The molecule has 2 N–H and O–H groups in total. The van der Waals surface area contributed by atoms with Crippen LogP contribution in [0.25, 0.3) is 0 Å². The molecule has 1 saturated heterocycles. The van der Waals surface area contributed by atoms with Crippen LogP contribution in [0.1, 0.15) is 26.7 Å². The van der Waals surface area contributed by atoms with Crippen molar-refractivity contribution in [1.29, 1.82) is 0 Å². The normalized spacial score (nSPS) is 19.5. The lowest BCUT2D eigenvalue weighted by molar-refractivity contribution is -0.124. The summed E-state index contributed by atoms with van der Waals surface area (Å²) in [5.74, 6) is 0.181. The minimum Gasteiger partial charge on any atom is -0.393 e. The maximum absolute atomic E-state index is 11.3. The fourth-order valence-corrected chi connectivity index (χ4v) is 1.68. The number of piperidine rings is 1. The largest absolute Gasteiger partial charge is 0.393 e. The van der Waals surface area contributed by atoms with Gasteiger partial charge >= 0.3 is 0 Å². The summed E-state index contributed by atoms with van der Waals surface area (Å²) >= 11 is 0. The fourth-order valence-electron chi connectivity index (χ4n) is 1.68. The van der Waals surface area contributed by atoms with Crippen LogP contribution < -0.4 is 5.32 Å². The van der Waals surface area contributed by atoms with Crippen molar-refractivity contribution in [1.82, 2.24) is 10.2 Å². The van der Waals surface area contributed by atoms with Gasteiger partial charge < -0.3 is 15.3 Å². The van der Waals surface area contributed by atoms with Gasteiger partial charge in [-0.15, -0.1) is 0 Å². The highest BCUT2D eigenvalue weighted by molar-refractivity contribution is 5.77. The van der Waals surface area contributed by atoms with Crippen LogP contribution in [0.4, 0.5) is 0 Å². The molecule has 0 spiro atoms. The molecule has 0 saturated carbocycles. The number of aliphatic hydroxyl groups is 1. The van der Waals surface area contributed by atoms with Crippen molar-refractivity contribution in [3.05, 3.63) is 0 Å². The van der Waals surface area contributed by atoms with Crippen molar-refractivity contribution >= 4 is 5.91 Å². The summed E-state index contributed by atoms with van der Waals surface area (Å²) in [6.45, 7) is 7.29. The monoisotopic (exact) mass is 214 g/mol. The molecule has 1 heterocycles. The number of nitrogens with zero attached hydrogens (tertiary/aromatic N) is 1. The molecule has 0 bridgehead atoms. The Balaban J connectivity index is 2.08. The number of hydrogen-bond donors (Lipinski definition) is 2. The van der Waals surface area contributed by atoms with E-state index in [2.05, 4.69) is 10.2 Å². The Hall–Kier alpha value is -0.610. The molecule has 4 nitrogen and oxygen atoms in total. The zero-order chi connectivity index (χ0) is 11.3. The molecule has 1 amide bonds. The molecule has 0 atom stereocenters. The highest BCUT2D eigenvalue weighted by atomic mass is 16.3. The first-order valence-corrected chi connectivity index (χ1v) is 5.77. The third-order valence-corrected chi connectivity index (χ3v) is 2.81. The summed E-state index contributed by atoms with van der Waals surface area (Å²) in [6, 6.07) is 0. The molecule has 88 valence electrons. The minimum absolute atomic E-state index is 0.0631. The maximum atomic E-state index is 11.3. The number of carbonyl (C=O) groups excluding carboxylic acids is 1. The van der Waals surface area contributed by atoms with Crippen LogP contribution in [-0.4, -0.2) is 48.2 Å².